The Kier molecular flexibility index (Phi) is 5.91. The summed E-state index contributed by atoms with van der Waals surface area (Å²) >= 11 is 5.88. The number of carbonyl (C=O) groups excluding carboxylic acids is 2. The lowest BCUT2D eigenvalue weighted by Gasteiger charge is -2.25. The van der Waals surface area contributed by atoms with Gasteiger partial charge >= 0.3 is 0 Å². The van der Waals surface area contributed by atoms with E-state index in [0.29, 0.717) is 24.6 Å². The van der Waals surface area contributed by atoms with Crippen LogP contribution in [0.25, 0.3) is 0 Å². The third-order valence-corrected chi connectivity index (χ3v) is 4.70. The monoisotopic (exact) mass is 372 g/mol. The first-order valence-corrected chi connectivity index (χ1v) is 8.89. The number of para-hydroxylation sites is 1. The molecule has 5 nitrogen and oxygen atoms in total. The largest absolute Gasteiger partial charge is 0.384 e. The molecule has 26 heavy (non-hydrogen) atoms. The fraction of sp³-hybridized carbons (Fsp3) is 0.300. The van der Waals surface area contributed by atoms with Gasteiger partial charge in [0.15, 0.2) is 0 Å². The third kappa shape index (κ3) is 4.06. The predicted molar refractivity (Wildman–Crippen MR) is 101 cm³/mol. The van der Waals surface area contributed by atoms with Crippen molar-refractivity contribution in [3.05, 3.63) is 64.7 Å². The number of benzene rings is 2. The average Bonchev–Trinajstić information content (AvgIpc) is 3.05. The standard InChI is InChI=1S/C20H21ClN2O3/c1-26-11-10-19(24)23-17-5-3-2-4-15(17)12-18(23)20(25)22-13-14-6-8-16(21)9-7-14/h2-9,18H,10-13H2,1H3,(H,22,25). The molecule has 2 aromatic rings. The molecule has 0 saturated heterocycles. The Hall–Kier alpha value is -2.37. The summed E-state index contributed by atoms with van der Waals surface area (Å²) in [5.41, 5.74) is 2.76. The van der Waals surface area contributed by atoms with Crippen LogP contribution in [-0.4, -0.2) is 31.6 Å². The minimum Gasteiger partial charge on any atom is -0.384 e. The Morgan fingerprint density at radius 3 is 2.65 bits per heavy atom. The van der Waals surface area contributed by atoms with Gasteiger partial charge in [0.1, 0.15) is 6.04 Å². The van der Waals surface area contributed by atoms with Crippen LogP contribution in [0.15, 0.2) is 48.5 Å². The zero-order chi connectivity index (χ0) is 18.5. The average molecular weight is 373 g/mol. The molecule has 0 aromatic heterocycles. The van der Waals surface area contributed by atoms with E-state index in [9.17, 15) is 9.59 Å². The van der Waals surface area contributed by atoms with Crippen molar-refractivity contribution >= 4 is 29.1 Å². The number of hydrogen-bond donors (Lipinski definition) is 1. The maximum absolute atomic E-state index is 12.8. The highest BCUT2D eigenvalue weighted by atomic mass is 35.5. The Labute approximate surface area is 157 Å². The second-order valence-corrected chi connectivity index (χ2v) is 6.64. The SMILES string of the molecule is COCCC(=O)N1c2ccccc2CC1C(=O)NCc1ccc(Cl)cc1. The van der Waals surface area contributed by atoms with Gasteiger partial charge in [0.25, 0.3) is 0 Å². The lowest BCUT2D eigenvalue weighted by Crippen LogP contribution is -2.48. The summed E-state index contributed by atoms with van der Waals surface area (Å²) in [5, 5.41) is 3.58. The molecule has 1 unspecified atom stereocenters. The third-order valence-electron chi connectivity index (χ3n) is 4.45. The second-order valence-electron chi connectivity index (χ2n) is 6.20. The van der Waals surface area contributed by atoms with Crippen molar-refractivity contribution in [2.24, 2.45) is 0 Å². The summed E-state index contributed by atoms with van der Waals surface area (Å²) in [5.74, 6) is -0.273. The van der Waals surface area contributed by atoms with Crippen LogP contribution < -0.4 is 10.2 Å². The van der Waals surface area contributed by atoms with Gasteiger partial charge in [-0.05, 0) is 29.3 Å². The number of anilines is 1. The molecular weight excluding hydrogens is 352 g/mol. The van der Waals surface area contributed by atoms with Gasteiger partial charge in [-0.2, -0.15) is 0 Å². The van der Waals surface area contributed by atoms with Crippen molar-refractivity contribution in [1.82, 2.24) is 5.32 Å². The number of nitrogens with zero attached hydrogens (tertiary/aromatic N) is 1. The molecule has 2 aromatic carbocycles. The molecule has 2 amide bonds. The van der Waals surface area contributed by atoms with Gasteiger partial charge in [0.05, 0.1) is 13.0 Å². The van der Waals surface area contributed by atoms with E-state index in [0.717, 1.165) is 16.8 Å². The molecule has 0 aliphatic carbocycles. The predicted octanol–water partition coefficient (Wildman–Crippen LogP) is 2.95. The minimum absolute atomic E-state index is 0.108. The molecule has 0 spiro atoms. The molecule has 3 rings (SSSR count). The highest BCUT2D eigenvalue weighted by Gasteiger charge is 2.37. The molecule has 136 valence electrons. The van der Waals surface area contributed by atoms with Crippen LogP contribution in [0.4, 0.5) is 5.69 Å². The topological polar surface area (TPSA) is 58.6 Å². The Morgan fingerprint density at radius 1 is 1.19 bits per heavy atom. The summed E-state index contributed by atoms with van der Waals surface area (Å²) in [6.07, 6.45) is 0.757. The maximum atomic E-state index is 12.8. The molecule has 0 bridgehead atoms. The summed E-state index contributed by atoms with van der Waals surface area (Å²) < 4.78 is 5.01. The number of rotatable bonds is 6. The van der Waals surface area contributed by atoms with E-state index in [4.69, 9.17) is 16.3 Å². The number of fused-ring (bicyclic) bond motifs is 1. The van der Waals surface area contributed by atoms with Crippen LogP contribution in [0.2, 0.25) is 5.02 Å². The first-order valence-electron chi connectivity index (χ1n) is 8.51. The minimum atomic E-state index is -0.538. The van der Waals surface area contributed by atoms with E-state index < -0.39 is 6.04 Å². The fourth-order valence-electron chi connectivity index (χ4n) is 3.12. The molecule has 0 fully saturated rings. The molecule has 1 N–H and O–H groups in total. The number of nitrogens with one attached hydrogen (secondary N) is 1. The molecule has 1 heterocycles. The van der Waals surface area contributed by atoms with E-state index in [2.05, 4.69) is 5.32 Å². The lowest BCUT2D eigenvalue weighted by molar-refractivity contribution is -0.126. The van der Waals surface area contributed by atoms with Gasteiger partial charge < -0.3 is 10.1 Å². The summed E-state index contributed by atoms with van der Waals surface area (Å²) in [4.78, 5) is 27.0. The van der Waals surface area contributed by atoms with Crippen LogP contribution >= 0.6 is 11.6 Å². The van der Waals surface area contributed by atoms with Gasteiger partial charge in [-0.3, -0.25) is 14.5 Å². The normalized spacial score (nSPS) is 15.6. The van der Waals surface area contributed by atoms with Crippen LogP contribution in [0.1, 0.15) is 17.5 Å². The van der Waals surface area contributed by atoms with Crippen molar-refractivity contribution < 1.29 is 14.3 Å². The molecule has 0 saturated carbocycles. The molecular formula is C20H21ClN2O3. The first-order chi connectivity index (χ1) is 12.6. The summed E-state index contributed by atoms with van der Waals surface area (Å²) in [7, 11) is 1.56. The van der Waals surface area contributed by atoms with Crippen molar-refractivity contribution in [2.45, 2.75) is 25.4 Å². The van der Waals surface area contributed by atoms with Crippen molar-refractivity contribution in [3.8, 4) is 0 Å². The number of halogens is 1. The Morgan fingerprint density at radius 2 is 1.92 bits per heavy atom. The lowest BCUT2D eigenvalue weighted by atomic mass is 10.1. The second kappa shape index (κ2) is 8.34. The number of methoxy groups -OCH3 is 1. The Balaban J connectivity index is 1.73. The zero-order valence-corrected chi connectivity index (χ0v) is 15.3. The maximum Gasteiger partial charge on any atom is 0.243 e. The smallest absolute Gasteiger partial charge is 0.243 e. The molecule has 6 heteroatoms. The van der Waals surface area contributed by atoms with E-state index in [1.165, 1.54) is 0 Å². The molecule has 1 aliphatic rings. The van der Waals surface area contributed by atoms with Gasteiger partial charge in [-0.25, -0.2) is 0 Å². The van der Waals surface area contributed by atoms with Crippen molar-refractivity contribution in [1.29, 1.82) is 0 Å². The zero-order valence-electron chi connectivity index (χ0n) is 14.6. The van der Waals surface area contributed by atoms with Crippen LogP contribution in [0, 0.1) is 0 Å². The Bertz CT molecular complexity index is 792. The van der Waals surface area contributed by atoms with E-state index in [-0.39, 0.29) is 18.2 Å². The molecule has 1 atom stereocenters. The van der Waals surface area contributed by atoms with Crippen LogP contribution in [0.3, 0.4) is 0 Å². The van der Waals surface area contributed by atoms with E-state index in [1.54, 1.807) is 24.1 Å². The number of amides is 2. The van der Waals surface area contributed by atoms with E-state index in [1.807, 2.05) is 36.4 Å². The van der Waals surface area contributed by atoms with Crippen LogP contribution in [-0.2, 0) is 27.3 Å². The van der Waals surface area contributed by atoms with Crippen molar-refractivity contribution in [2.75, 3.05) is 18.6 Å². The quantitative estimate of drug-likeness (QED) is 0.848. The van der Waals surface area contributed by atoms with E-state index >= 15 is 0 Å². The van der Waals surface area contributed by atoms with Crippen molar-refractivity contribution in [3.63, 3.8) is 0 Å². The van der Waals surface area contributed by atoms with Gasteiger partial charge in [0.2, 0.25) is 11.8 Å². The fourth-order valence-corrected chi connectivity index (χ4v) is 3.25. The number of ether oxygens (including phenoxy) is 1. The van der Waals surface area contributed by atoms with Crippen LogP contribution in [0.5, 0.6) is 0 Å². The van der Waals surface area contributed by atoms with Gasteiger partial charge in [0, 0.05) is 30.8 Å². The summed E-state index contributed by atoms with van der Waals surface area (Å²) in [6.45, 7) is 0.722. The van der Waals surface area contributed by atoms with Gasteiger partial charge in [-0.15, -0.1) is 0 Å². The summed E-state index contributed by atoms with van der Waals surface area (Å²) in [6, 6.07) is 14.4. The highest BCUT2D eigenvalue weighted by Crippen LogP contribution is 2.32. The number of carbonyl (C=O) groups is 2. The first kappa shape index (κ1) is 18.4. The number of hydrogen-bond acceptors (Lipinski definition) is 3. The van der Waals surface area contributed by atoms with Gasteiger partial charge in [-0.1, -0.05) is 41.9 Å². The molecule has 1 aliphatic heterocycles. The molecule has 0 radical (unpaired) electrons. The highest BCUT2D eigenvalue weighted by molar-refractivity contribution is 6.30.